The standard InChI is InChI=1S/C13H16Cl3NO4/c1-12(2,7-20-3)17-6-8(10(18)13(14,15)16)5-9(17)11(19)21-4/h5-6H,7H2,1-4H3. The summed E-state index contributed by atoms with van der Waals surface area (Å²) in [6, 6.07) is 1.34. The minimum Gasteiger partial charge on any atom is -0.464 e. The largest absolute Gasteiger partial charge is 0.464 e. The number of hydrogen-bond acceptors (Lipinski definition) is 4. The van der Waals surface area contributed by atoms with Gasteiger partial charge in [-0.1, -0.05) is 34.8 Å². The fraction of sp³-hybridized carbons (Fsp3) is 0.538. The van der Waals surface area contributed by atoms with Crippen LogP contribution in [0.3, 0.4) is 0 Å². The van der Waals surface area contributed by atoms with E-state index in [1.54, 1.807) is 4.57 Å². The summed E-state index contributed by atoms with van der Waals surface area (Å²) in [5.41, 5.74) is -0.304. The van der Waals surface area contributed by atoms with E-state index in [9.17, 15) is 9.59 Å². The molecule has 21 heavy (non-hydrogen) atoms. The van der Waals surface area contributed by atoms with Gasteiger partial charge in [-0.05, 0) is 19.9 Å². The van der Waals surface area contributed by atoms with Gasteiger partial charge in [-0.3, -0.25) is 4.79 Å². The number of nitrogens with zero attached hydrogens (tertiary/aromatic N) is 1. The third kappa shape index (κ3) is 4.13. The van der Waals surface area contributed by atoms with Crippen molar-refractivity contribution in [2.75, 3.05) is 20.8 Å². The highest BCUT2D eigenvalue weighted by Crippen LogP contribution is 2.32. The summed E-state index contributed by atoms with van der Waals surface area (Å²) in [5.74, 6) is -1.31. The fourth-order valence-electron chi connectivity index (χ4n) is 1.94. The maximum absolute atomic E-state index is 12.0. The number of alkyl halides is 3. The van der Waals surface area contributed by atoms with E-state index in [2.05, 4.69) is 0 Å². The molecule has 1 heterocycles. The Kier molecular flexibility index (Phi) is 5.72. The van der Waals surface area contributed by atoms with Gasteiger partial charge in [-0.25, -0.2) is 4.79 Å². The highest BCUT2D eigenvalue weighted by molar-refractivity contribution is 6.77. The molecule has 0 N–H and O–H groups in total. The zero-order chi connectivity index (χ0) is 16.4. The van der Waals surface area contributed by atoms with Crippen molar-refractivity contribution in [2.24, 2.45) is 0 Å². The second kappa shape index (κ2) is 6.57. The van der Waals surface area contributed by atoms with Gasteiger partial charge in [0.2, 0.25) is 5.78 Å². The Morgan fingerprint density at radius 3 is 2.24 bits per heavy atom. The molecule has 1 rings (SSSR count). The number of aromatic nitrogens is 1. The van der Waals surface area contributed by atoms with Crippen molar-refractivity contribution in [2.45, 2.75) is 23.2 Å². The van der Waals surface area contributed by atoms with E-state index in [4.69, 9.17) is 44.3 Å². The average Bonchev–Trinajstić information content (AvgIpc) is 2.81. The first-order chi connectivity index (χ1) is 9.54. The van der Waals surface area contributed by atoms with E-state index >= 15 is 0 Å². The second-order valence-corrected chi connectivity index (χ2v) is 7.33. The van der Waals surface area contributed by atoms with Crippen molar-refractivity contribution >= 4 is 46.6 Å². The van der Waals surface area contributed by atoms with E-state index < -0.39 is 21.1 Å². The lowest BCUT2D eigenvalue weighted by Gasteiger charge is -2.27. The maximum atomic E-state index is 12.0. The summed E-state index contributed by atoms with van der Waals surface area (Å²) in [4.78, 5) is 23.9. The van der Waals surface area contributed by atoms with Crippen LogP contribution in [0.5, 0.6) is 0 Å². The minimum absolute atomic E-state index is 0.111. The van der Waals surface area contributed by atoms with Crippen LogP contribution >= 0.6 is 34.8 Å². The zero-order valence-corrected chi connectivity index (χ0v) is 14.3. The molecule has 0 saturated carbocycles. The van der Waals surface area contributed by atoms with Crippen LogP contribution in [0.1, 0.15) is 34.7 Å². The maximum Gasteiger partial charge on any atom is 0.354 e. The molecule has 1 aromatic rings. The number of halogens is 3. The molecular weight excluding hydrogens is 341 g/mol. The zero-order valence-electron chi connectivity index (χ0n) is 12.1. The predicted octanol–water partition coefficient (Wildman–Crippen LogP) is 3.21. The summed E-state index contributed by atoms with van der Waals surface area (Å²) in [6.07, 6.45) is 1.45. The highest BCUT2D eigenvalue weighted by Gasteiger charge is 2.35. The number of ether oxygens (including phenoxy) is 2. The summed E-state index contributed by atoms with van der Waals surface area (Å²) < 4.78 is 9.33. The topological polar surface area (TPSA) is 57.5 Å². The first kappa shape index (κ1) is 18.3. The normalized spacial score (nSPS) is 12.3. The van der Waals surface area contributed by atoms with Gasteiger partial charge in [0.1, 0.15) is 5.69 Å². The van der Waals surface area contributed by atoms with E-state index in [1.807, 2.05) is 13.8 Å². The van der Waals surface area contributed by atoms with Gasteiger partial charge >= 0.3 is 5.97 Å². The molecule has 1 aromatic heterocycles. The summed E-state index contributed by atoms with van der Waals surface area (Å²) in [5, 5.41) is 0. The van der Waals surface area contributed by atoms with Gasteiger partial charge in [-0.15, -0.1) is 0 Å². The number of Topliss-reactive ketones (excluding diaryl/α,β-unsaturated/α-hetero) is 1. The molecule has 0 saturated heterocycles. The van der Waals surface area contributed by atoms with Crippen LogP contribution < -0.4 is 0 Å². The molecule has 0 radical (unpaired) electrons. The first-order valence-corrected chi connectivity index (χ1v) is 7.09. The van der Waals surface area contributed by atoms with E-state index in [0.717, 1.165) is 0 Å². The van der Waals surface area contributed by atoms with Crippen molar-refractivity contribution < 1.29 is 19.1 Å². The van der Waals surface area contributed by atoms with Crippen molar-refractivity contribution in [1.29, 1.82) is 0 Å². The Morgan fingerprint density at radius 2 is 1.81 bits per heavy atom. The van der Waals surface area contributed by atoms with Crippen molar-refractivity contribution in [1.82, 2.24) is 4.57 Å². The summed E-state index contributed by atoms with van der Waals surface area (Å²) in [6.45, 7) is 3.99. The molecule has 0 spiro atoms. The van der Waals surface area contributed by atoms with Crippen molar-refractivity contribution in [3.63, 3.8) is 0 Å². The smallest absolute Gasteiger partial charge is 0.354 e. The van der Waals surface area contributed by atoms with Crippen molar-refractivity contribution in [3.8, 4) is 0 Å². The molecule has 0 amide bonds. The van der Waals surface area contributed by atoms with Gasteiger partial charge < -0.3 is 14.0 Å². The third-order valence-corrected chi connectivity index (χ3v) is 3.40. The second-order valence-electron chi connectivity index (χ2n) is 5.05. The molecule has 0 atom stereocenters. The SMILES string of the molecule is COCC(C)(C)n1cc(C(=O)C(Cl)(Cl)Cl)cc1C(=O)OC. The average molecular weight is 357 g/mol. The van der Waals surface area contributed by atoms with Crippen LogP contribution in [0.2, 0.25) is 0 Å². The highest BCUT2D eigenvalue weighted by atomic mass is 35.6. The predicted molar refractivity (Wildman–Crippen MR) is 81.6 cm³/mol. The summed E-state index contributed by atoms with van der Waals surface area (Å²) in [7, 11) is 2.79. The van der Waals surface area contributed by atoms with Crippen LogP contribution in [-0.2, 0) is 15.0 Å². The molecular formula is C13H16Cl3NO4. The van der Waals surface area contributed by atoms with Gasteiger partial charge in [-0.2, -0.15) is 0 Å². The fourth-order valence-corrected chi connectivity index (χ4v) is 2.26. The number of carbonyl (C=O) groups excluding carboxylic acids is 2. The van der Waals surface area contributed by atoms with Gasteiger partial charge in [0.25, 0.3) is 3.79 Å². The number of ketones is 1. The van der Waals surface area contributed by atoms with Crippen molar-refractivity contribution in [3.05, 3.63) is 23.5 Å². The Balaban J connectivity index is 3.39. The first-order valence-electron chi connectivity index (χ1n) is 5.96. The number of rotatable bonds is 5. The van der Waals surface area contributed by atoms with Crippen LogP contribution in [0.15, 0.2) is 12.3 Å². The van der Waals surface area contributed by atoms with Gasteiger partial charge in [0.15, 0.2) is 0 Å². The number of carbonyl (C=O) groups is 2. The Hall–Kier alpha value is -0.750. The molecule has 0 aliphatic rings. The van der Waals surface area contributed by atoms with E-state index in [0.29, 0.717) is 6.61 Å². The lowest BCUT2D eigenvalue weighted by Crippen LogP contribution is -2.33. The lowest BCUT2D eigenvalue weighted by atomic mass is 10.1. The van der Waals surface area contributed by atoms with Crippen LogP contribution in [0, 0.1) is 0 Å². The van der Waals surface area contributed by atoms with E-state index in [-0.39, 0.29) is 11.3 Å². The lowest BCUT2D eigenvalue weighted by molar-refractivity contribution is 0.0561. The summed E-state index contributed by atoms with van der Waals surface area (Å²) >= 11 is 16.8. The van der Waals surface area contributed by atoms with Crippen LogP contribution in [-0.4, -0.2) is 40.9 Å². The Bertz CT molecular complexity index is 546. The molecule has 0 bridgehead atoms. The molecule has 0 fully saturated rings. The minimum atomic E-state index is -2.09. The van der Waals surface area contributed by atoms with Gasteiger partial charge in [0, 0.05) is 18.9 Å². The molecule has 0 aliphatic heterocycles. The quantitative estimate of drug-likeness (QED) is 0.462. The molecule has 0 aliphatic carbocycles. The molecule has 0 aromatic carbocycles. The molecule has 118 valence electrons. The third-order valence-electron chi connectivity index (χ3n) is 2.88. The molecule has 0 unspecified atom stereocenters. The Morgan fingerprint density at radius 1 is 1.24 bits per heavy atom. The van der Waals surface area contributed by atoms with E-state index in [1.165, 1.54) is 26.5 Å². The number of esters is 1. The van der Waals surface area contributed by atoms with Crippen LogP contribution in [0.25, 0.3) is 0 Å². The number of hydrogen-bond donors (Lipinski definition) is 0. The molecule has 8 heteroatoms. The van der Waals surface area contributed by atoms with Crippen LogP contribution in [0.4, 0.5) is 0 Å². The number of methoxy groups -OCH3 is 2. The monoisotopic (exact) mass is 355 g/mol. The Labute approximate surface area is 138 Å². The molecule has 5 nitrogen and oxygen atoms in total. The van der Waals surface area contributed by atoms with Gasteiger partial charge in [0.05, 0.1) is 19.3 Å².